The van der Waals surface area contributed by atoms with Gasteiger partial charge in [-0.05, 0) is 43.5 Å². The van der Waals surface area contributed by atoms with Gasteiger partial charge in [0.05, 0.1) is 6.61 Å². The third-order valence-corrected chi connectivity index (χ3v) is 3.24. The van der Waals surface area contributed by atoms with E-state index < -0.39 is 0 Å². The fourth-order valence-electron chi connectivity index (χ4n) is 1.64. The number of hydrogen-bond acceptors (Lipinski definition) is 3. The lowest BCUT2D eigenvalue weighted by atomic mass is 10.2. The number of esters is 1. The smallest absolute Gasteiger partial charge is 0.330 e. The minimum Gasteiger partial charge on any atom is -0.463 e. The summed E-state index contributed by atoms with van der Waals surface area (Å²) in [7, 11) is 0. The lowest BCUT2D eigenvalue weighted by Crippen LogP contribution is -2.10. The van der Waals surface area contributed by atoms with Crippen molar-refractivity contribution in [1.82, 2.24) is 0 Å². The summed E-state index contributed by atoms with van der Waals surface area (Å²) in [6.07, 6.45) is 5.45. The lowest BCUT2D eigenvalue weighted by molar-refractivity contribution is -0.137. The van der Waals surface area contributed by atoms with E-state index in [0.29, 0.717) is 13.0 Å². The van der Waals surface area contributed by atoms with E-state index in [1.54, 1.807) is 13.0 Å². The van der Waals surface area contributed by atoms with E-state index in [0.717, 1.165) is 29.4 Å². The molecule has 0 radical (unpaired) electrons. The molecule has 0 unspecified atom stereocenters. The molecular formula is C16H20BrNO3. The van der Waals surface area contributed by atoms with E-state index in [4.69, 9.17) is 4.74 Å². The third-order valence-electron chi connectivity index (χ3n) is 2.68. The molecule has 1 rings (SSSR count). The highest BCUT2D eigenvalue weighted by molar-refractivity contribution is 9.09. The van der Waals surface area contributed by atoms with Gasteiger partial charge in [0, 0.05) is 23.5 Å². The monoisotopic (exact) mass is 353 g/mol. The van der Waals surface area contributed by atoms with Crippen molar-refractivity contribution in [3.05, 3.63) is 35.9 Å². The fraction of sp³-hybridized carbons (Fsp3) is 0.375. The number of anilines is 1. The predicted molar refractivity (Wildman–Crippen MR) is 88.4 cm³/mol. The van der Waals surface area contributed by atoms with Crippen LogP contribution in [0.15, 0.2) is 30.3 Å². The Labute approximate surface area is 133 Å². The van der Waals surface area contributed by atoms with Gasteiger partial charge in [0.15, 0.2) is 0 Å². The quantitative estimate of drug-likeness (QED) is 0.335. The molecule has 0 atom stereocenters. The predicted octanol–water partition coefficient (Wildman–Crippen LogP) is 3.77. The zero-order chi connectivity index (χ0) is 15.5. The Morgan fingerprint density at radius 2 is 1.95 bits per heavy atom. The van der Waals surface area contributed by atoms with Gasteiger partial charge in [-0.2, -0.15) is 0 Å². The van der Waals surface area contributed by atoms with E-state index in [2.05, 4.69) is 21.2 Å². The van der Waals surface area contributed by atoms with Gasteiger partial charge in [0.25, 0.3) is 0 Å². The van der Waals surface area contributed by atoms with E-state index in [1.807, 2.05) is 24.3 Å². The number of unbranched alkanes of at least 4 members (excludes halogenated alkanes) is 1. The molecule has 0 saturated carbocycles. The van der Waals surface area contributed by atoms with Crippen LogP contribution in [0.25, 0.3) is 6.08 Å². The van der Waals surface area contributed by atoms with Crippen molar-refractivity contribution in [2.75, 3.05) is 17.3 Å². The molecule has 0 saturated heterocycles. The van der Waals surface area contributed by atoms with Crippen LogP contribution in [0, 0.1) is 0 Å². The number of ether oxygens (including phenoxy) is 1. The van der Waals surface area contributed by atoms with Crippen LogP contribution >= 0.6 is 15.9 Å². The summed E-state index contributed by atoms with van der Waals surface area (Å²) in [5.41, 5.74) is 1.63. The average Bonchev–Trinajstić information content (AvgIpc) is 2.47. The van der Waals surface area contributed by atoms with Crippen molar-refractivity contribution in [3.63, 3.8) is 0 Å². The summed E-state index contributed by atoms with van der Waals surface area (Å²) >= 11 is 3.34. The molecule has 0 aliphatic carbocycles. The number of carbonyl (C=O) groups excluding carboxylic acids is 2. The van der Waals surface area contributed by atoms with Crippen LogP contribution in [-0.4, -0.2) is 23.8 Å². The number of halogens is 1. The molecule has 0 bridgehead atoms. The zero-order valence-electron chi connectivity index (χ0n) is 12.1. The Morgan fingerprint density at radius 3 is 2.57 bits per heavy atom. The van der Waals surface area contributed by atoms with Gasteiger partial charge in [0.1, 0.15) is 0 Å². The van der Waals surface area contributed by atoms with Gasteiger partial charge in [0.2, 0.25) is 5.91 Å². The second kappa shape index (κ2) is 10.2. The number of benzene rings is 1. The Kier molecular flexibility index (Phi) is 8.43. The van der Waals surface area contributed by atoms with Crippen LogP contribution in [-0.2, 0) is 14.3 Å². The first-order chi connectivity index (χ1) is 10.2. The molecule has 5 heteroatoms. The second-order valence-electron chi connectivity index (χ2n) is 4.40. The van der Waals surface area contributed by atoms with Crippen LogP contribution in [0.2, 0.25) is 0 Å². The minimum atomic E-state index is -0.360. The molecule has 114 valence electrons. The normalized spacial score (nSPS) is 10.6. The molecule has 4 nitrogen and oxygen atoms in total. The Bertz CT molecular complexity index is 483. The molecule has 0 aromatic heterocycles. The molecule has 1 amide bonds. The van der Waals surface area contributed by atoms with E-state index in [9.17, 15) is 9.59 Å². The maximum Gasteiger partial charge on any atom is 0.330 e. The minimum absolute atomic E-state index is 0.0192. The number of rotatable bonds is 8. The van der Waals surface area contributed by atoms with Gasteiger partial charge in [-0.3, -0.25) is 4.79 Å². The van der Waals surface area contributed by atoms with Crippen LogP contribution in [0.1, 0.15) is 31.7 Å². The summed E-state index contributed by atoms with van der Waals surface area (Å²) in [4.78, 5) is 22.8. The van der Waals surface area contributed by atoms with Crippen molar-refractivity contribution >= 4 is 39.6 Å². The molecule has 0 aliphatic heterocycles. The van der Waals surface area contributed by atoms with Crippen LogP contribution in [0.4, 0.5) is 5.69 Å². The molecule has 0 spiro atoms. The molecule has 1 aromatic rings. The maximum absolute atomic E-state index is 11.7. The number of amides is 1. The Balaban J connectivity index is 2.46. The van der Waals surface area contributed by atoms with Crippen molar-refractivity contribution in [2.24, 2.45) is 0 Å². The molecule has 0 aliphatic rings. The maximum atomic E-state index is 11.7. The molecule has 1 N–H and O–H groups in total. The lowest BCUT2D eigenvalue weighted by Gasteiger charge is -2.05. The van der Waals surface area contributed by atoms with Crippen molar-refractivity contribution in [3.8, 4) is 0 Å². The Hall–Kier alpha value is -1.62. The van der Waals surface area contributed by atoms with Gasteiger partial charge < -0.3 is 10.1 Å². The number of nitrogens with one attached hydrogen (secondary N) is 1. The highest BCUT2D eigenvalue weighted by Crippen LogP contribution is 2.12. The number of hydrogen-bond donors (Lipinski definition) is 1. The van der Waals surface area contributed by atoms with E-state index in [-0.39, 0.29) is 11.9 Å². The van der Waals surface area contributed by atoms with Gasteiger partial charge in [-0.1, -0.05) is 28.1 Å². The van der Waals surface area contributed by atoms with Crippen LogP contribution < -0.4 is 5.32 Å². The summed E-state index contributed by atoms with van der Waals surface area (Å²) in [5.74, 6) is -0.340. The first-order valence-corrected chi connectivity index (χ1v) is 8.08. The van der Waals surface area contributed by atoms with Crippen LogP contribution in [0.5, 0.6) is 0 Å². The van der Waals surface area contributed by atoms with E-state index in [1.165, 1.54) is 6.08 Å². The number of alkyl halides is 1. The van der Waals surface area contributed by atoms with Gasteiger partial charge in [-0.15, -0.1) is 0 Å². The molecule has 0 fully saturated rings. The molecule has 1 aromatic carbocycles. The third kappa shape index (κ3) is 7.66. The highest BCUT2D eigenvalue weighted by atomic mass is 79.9. The molecule has 0 heterocycles. The second-order valence-corrected chi connectivity index (χ2v) is 5.19. The summed E-state index contributed by atoms with van der Waals surface area (Å²) < 4.78 is 4.80. The van der Waals surface area contributed by atoms with Gasteiger partial charge >= 0.3 is 5.97 Å². The first-order valence-electron chi connectivity index (χ1n) is 6.96. The first kappa shape index (κ1) is 17.4. The Morgan fingerprint density at radius 1 is 1.24 bits per heavy atom. The SMILES string of the molecule is CCOC(=O)C=Cc1ccc(NC(=O)CCCCBr)cc1. The standard InChI is InChI=1S/C16H20BrNO3/c1-2-21-16(20)11-8-13-6-9-14(10-7-13)18-15(19)5-3-4-12-17/h6-11H,2-5,12H2,1H3,(H,18,19). The van der Waals surface area contributed by atoms with E-state index >= 15 is 0 Å². The largest absolute Gasteiger partial charge is 0.463 e. The summed E-state index contributed by atoms with van der Waals surface area (Å²) in [5, 5.41) is 3.76. The molecular weight excluding hydrogens is 334 g/mol. The number of carbonyl (C=O) groups is 2. The van der Waals surface area contributed by atoms with Crippen molar-refractivity contribution in [1.29, 1.82) is 0 Å². The van der Waals surface area contributed by atoms with Crippen molar-refractivity contribution < 1.29 is 14.3 Å². The fourth-order valence-corrected chi connectivity index (χ4v) is 2.03. The topological polar surface area (TPSA) is 55.4 Å². The average molecular weight is 354 g/mol. The highest BCUT2D eigenvalue weighted by Gasteiger charge is 2.01. The van der Waals surface area contributed by atoms with Crippen molar-refractivity contribution in [2.45, 2.75) is 26.2 Å². The summed E-state index contributed by atoms with van der Waals surface area (Å²) in [6.45, 7) is 2.13. The van der Waals surface area contributed by atoms with Gasteiger partial charge in [-0.25, -0.2) is 4.79 Å². The zero-order valence-corrected chi connectivity index (χ0v) is 13.7. The molecule has 21 heavy (non-hydrogen) atoms. The summed E-state index contributed by atoms with van der Waals surface area (Å²) in [6, 6.07) is 7.30. The van der Waals surface area contributed by atoms with Crippen LogP contribution in [0.3, 0.4) is 0 Å².